The van der Waals surface area contributed by atoms with Gasteiger partial charge in [-0.25, -0.2) is 0 Å². The first-order chi connectivity index (χ1) is 8.88. The third kappa shape index (κ3) is 3.70. The van der Waals surface area contributed by atoms with Crippen molar-refractivity contribution in [3.8, 4) is 11.5 Å². The molecular weight excluding hydrogens is 226 g/mol. The van der Waals surface area contributed by atoms with Crippen LogP contribution in [-0.2, 0) is 0 Å². The molecule has 3 heteroatoms. The number of ether oxygens (including phenoxy) is 2. The lowest BCUT2D eigenvalue weighted by atomic mass is 10.3. The number of hydrogen-bond donors (Lipinski definition) is 1. The Labute approximate surface area is 107 Å². The number of benzene rings is 2. The number of para-hydroxylation sites is 1. The Balaban J connectivity index is 1.72. The standard InChI is InChI=1S/C15H17NO2/c1-17-14-9-7-13(8-10-14)16-11-12-18-15-5-3-2-4-6-15/h2-10,16H,11-12H2,1H3. The molecule has 0 saturated heterocycles. The predicted octanol–water partition coefficient (Wildman–Crippen LogP) is 3.19. The molecule has 0 fully saturated rings. The van der Waals surface area contributed by atoms with Crippen molar-refractivity contribution < 1.29 is 9.47 Å². The molecule has 2 rings (SSSR count). The van der Waals surface area contributed by atoms with E-state index in [1.165, 1.54) is 0 Å². The molecule has 0 aliphatic heterocycles. The maximum absolute atomic E-state index is 5.59. The molecule has 0 bridgehead atoms. The lowest BCUT2D eigenvalue weighted by Crippen LogP contribution is -2.11. The van der Waals surface area contributed by atoms with Crippen molar-refractivity contribution in [3.63, 3.8) is 0 Å². The highest BCUT2D eigenvalue weighted by Gasteiger charge is 1.94. The second-order valence-corrected chi connectivity index (χ2v) is 3.82. The van der Waals surface area contributed by atoms with Crippen LogP contribution < -0.4 is 14.8 Å². The highest BCUT2D eigenvalue weighted by molar-refractivity contribution is 5.46. The zero-order valence-corrected chi connectivity index (χ0v) is 10.4. The Kier molecular flexibility index (Phi) is 4.47. The van der Waals surface area contributed by atoms with Crippen LogP contribution in [0.4, 0.5) is 5.69 Å². The predicted molar refractivity (Wildman–Crippen MR) is 73.4 cm³/mol. The third-order valence-corrected chi connectivity index (χ3v) is 2.53. The van der Waals surface area contributed by atoms with Crippen molar-refractivity contribution in [2.75, 3.05) is 25.6 Å². The monoisotopic (exact) mass is 243 g/mol. The van der Waals surface area contributed by atoms with E-state index >= 15 is 0 Å². The smallest absolute Gasteiger partial charge is 0.119 e. The normalized spacial score (nSPS) is 9.83. The summed E-state index contributed by atoms with van der Waals surface area (Å²) in [4.78, 5) is 0. The highest BCUT2D eigenvalue weighted by atomic mass is 16.5. The van der Waals surface area contributed by atoms with E-state index in [9.17, 15) is 0 Å². The van der Waals surface area contributed by atoms with Crippen LogP contribution in [0.15, 0.2) is 54.6 Å². The fraction of sp³-hybridized carbons (Fsp3) is 0.200. The molecule has 0 aromatic heterocycles. The van der Waals surface area contributed by atoms with Gasteiger partial charge in [0.2, 0.25) is 0 Å². The van der Waals surface area contributed by atoms with Crippen molar-refractivity contribution in [2.45, 2.75) is 0 Å². The van der Waals surface area contributed by atoms with E-state index in [0.29, 0.717) is 6.61 Å². The molecule has 1 N–H and O–H groups in total. The number of methoxy groups -OCH3 is 1. The van der Waals surface area contributed by atoms with Gasteiger partial charge in [0.1, 0.15) is 18.1 Å². The van der Waals surface area contributed by atoms with Crippen LogP contribution in [0.25, 0.3) is 0 Å². The van der Waals surface area contributed by atoms with Gasteiger partial charge in [-0.1, -0.05) is 18.2 Å². The number of rotatable bonds is 6. The van der Waals surface area contributed by atoms with Gasteiger partial charge in [-0.05, 0) is 36.4 Å². The van der Waals surface area contributed by atoms with Crippen LogP contribution in [-0.4, -0.2) is 20.3 Å². The van der Waals surface area contributed by atoms with Crippen molar-refractivity contribution >= 4 is 5.69 Å². The molecule has 0 atom stereocenters. The molecule has 0 saturated carbocycles. The topological polar surface area (TPSA) is 30.5 Å². The van der Waals surface area contributed by atoms with Gasteiger partial charge in [-0.2, -0.15) is 0 Å². The van der Waals surface area contributed by atoms with E-state index in [-0.39, 0.29) is 0 Å². The minimum atomic E-state index is 0.635. The maximum atomic E-state index is 5.59. The Hall–Kier alpha value is -2.16. The first-order valence-electron chi connectivity index (χ1n) is 5.94. The van der Waals surface area contributed by atoms with E-state index < -0.39 is 0 Å². The summed E-state index contributed by atoms with van der Waals surface area (Å²) in [7, 11) is 1.66. The van der Waals surface area contributed by atoms with Gasteiger partial charge in [0, 0.05) is 12.2 Å². The molecule has 3 nitrogen and oxygen atoms in total. The summed E-state index contributed by atoms with van der Waals surface area (Å²) >= 11 is 0. The number of anilines is 1. The fourth-order valence-electron chi connectivity index (χ4n) is 1.59. The van der Waals surface area contributed by atoms with Crippen LogP contribution in [0.2, 0.25) is 0 Å². The van der Waals surface area contributed by atoms with Crippen LogP contribution in [0.1, 0.15) is 0 Å². The zero-order chi connectivity index (χ0) is 12.6. The first-order valence-corrected chi connectivity index (χ1v) is 5.94. The van der Waals surface area contributed by atoms with E-state index in [0.717, 1.165) is 23.7 Å². The van der Waals surface area contributed by atoms with Gasteiger partial charge < -0.3 is 14.8 Å². The summed E-state index contributed by atoms with van der Waals surface area (Å²) in [5.41, 5.74) is 1.06. The zero-order valence-electron chi connectivity index (χ0n) is 10.4. The van der Waals surface area contributed by atoms with Gasteiger partial charge in [0.05, 0.1) is 7.11 Å². The van der Waals surface area contributed by atoms with E-state index in [1.54, 1.807) is 7.11 Å². The van der Waals surface area contributed by atoms with Crippen molar-refractivity contribution in [2.24, 2.45) is 0 Å². The molecule has 94 valence electrons. The molecule has 0 spiro atoms. The fourth-order valence-corrected chi connectivity index (χ4v) is 1.59. The summed E-state index contributed by atoms with van der Waals surface area (Å²) < 4.78 is 10.7. The van der Waals surface area contributed by atoms with Crippen molar-refractivity contribution in [3.05, 3.63) is 54.6 Å². The molecule has 0 heterocycles. The van der Waals surface area contributed by atoms with E-state index in [4.69, 9.17) is 9.47 Å². The summed E-state index contributed by atoms with van der Waals surface area (Å²) in [6, 6.07) is 17.6. The Morgan fingerprint density at radius 1 is 0.889 bits per heavy atom. The minimum Gasteiger partial charge on any atom is -0.497 e. The summed E-state index contributed by atoms with van der Waals surface area (Å²) in [5.74, 6) is 1.76. The summed E-state index contributed by atoms with van der Waals surface area (Å²) in [6.45, 7) is 1.40. The van der Waals surface area contributed by atoms with E-state index in [1.807, 2.05) is 54.6 Å². The molecule has 0 aliphatic rings. The lowest BCUT2D eigenvalue weighted by Gasteiger charge is -2.09. The molecule has 2 aromatic carbocycles. The van der Waals surface area contributed by atoms with E-state index in [2.05, 4.69) is 5.32 Å². The second-order valence-electron chi connectivity index (χ2n) is 3.82. The van der Waals surface area contributed by atoms with Gasteiger partial charge in [0.15, 0.2) is 0 Å². The van der Waals surface area contributed by atoms with Gasteiger partial charge >= 0.3 is 0 Å². The van der Waals surface area contributed by atoms with Crippen molar-refractivity contribution in [1.29, 1.82) is 0 Å². The quantitative estimate of drug-likeness (QED) is 0.790. The molecule has 0 radical (unpaired) electrons. The average molecular weight is 243 g/mol. The average Bonchev–Trinajstić information content (AvgIpc) is 2.45. The van der Waals surface area contributed by atoms with Gasteiger partial charge in [-0.15, -0.1) is 0 Å². The number of nitrogens with one attached hydrogen (secondary N) is 1. The van der Waals surface area contributed by atoms with Crippen LogP contribution in [0.3, 0.4) is 0 Å². The minimum absolute atomic E-state index is 0.635. The number of hydrogen-bond acceptors (Lipinski definition) is 3. The Bertz CT molecular complexity index is 454. The summed E-state index contributed by atoms with van der Waals surface area (Å²) in [5, 5.41) is 3.29. The lowest BCUT2D eigenvalue weighted by molar-refractivity contribution is 0.333. The van der Waals surface area contributed by atoms with Gasteiger partial charge in [0.25, 0.3) is 0 Å². The van der Waals surface area contributed by atoms with Gasteiger partial charge in [-0.3, -0.25) is 0 Å². The third-order valence-electron chi connectivity index (χ3n) is 2.53. The molecule has 0 amide bonds. The molecule has 2 aromatic rings. The molecule has 0 unspecified atom stereocenters. The van der Waals surface area contributed by atoms with Crippen LogP contribution in [0.5, 0.6) is 11.5 Å². The Morgan fingerprint density at radius 2 is 1.61 bits per heavy atom. The second kappa shape index (κ2) is 6.55. The maximum Gasteiger partial charge on any atom is 0.119 e. The summed E-state index contributed by atoms with van der Waals surface area (Å²) in [6.07, 6.45) is 0. The first kappa shape index (κ1) is 12.3. The largest absolute Gasteiger partial charge is 0.497 e. The molecular formula is C15H17NO2. The Morgan fingerprint density at radius 3 is 2.28 bits per heavy atom. The van der Waals surface area contributed by atoms with Crippen LogP contribution in [0, 0.1) is 0 Å². The molecule has 0 aliphatic carbocycles. The SMILES string of the molecule is COc1ccc(NCCOc2ccccc2)cc1. The van der Waals surface area contributed by atoms with Crippen molar-refractivity contribution in [1.82, 2.24) is 0 Å². The highest BCUT2D eigenvalue weighted by Crippen LogP contribution is 2.14. The van der Waals surface area contributed by atoms with Crippen LogP contribution >= 0.6 is 0 Å². The molecule has 18 heavy (non-hydrogen) atoms.